The van der Waals surface area contributed by atoms with Crippen molar-refractivity contribution in [2.45, 2.75) is 6.54 Å². The summed E-state index contributed by atoms with van der Waals surface area (Å²) < 4.78 is 2.43. The second kappa shape index (κ2) is 7.75. The van der Waals surface area contributed by atoms with Crippen molar-refractivity contribution in [2.75, 3.05) is 31.1 Å². The zero-order valence-electron chi connectivity index (χ0n) is 16.0. The summed E-state index contributed by atoms with van der Waals surface area (Å²) in [7, 11) is 1.61. The minimum absolute atomic E-state index is 0.231. The van der Waals surface area contributed by atoms with Gasteiger partial charge in [-0.1, -0.05) is 29.8 Å². The van der Waals surface area contributed by atoms with Crippen LogP contribution in [0, 0.1) is 0 Å². The molecule has 0 N–H and O–H groups in total. The van der Waals surface area contributed by atoms with E-state index in [9.17, 15) is 14.4 Å². The van der Waals surface area contributed by atoms with Gasteiger partial charge in [-0.3, -0.25) is 18.7 Å². The minimum atomic E-state index is -0.486. The molecule has 7 nitrogen and oxygen atoms in total. The summed E-state index contributed by atoms with van der Waals surface area (Å²) in [4.78, 5) is 42.0. The fourth-order valence-corrected chi connectivity index (χ4v) is 3.91. The first-order chi connectivity index (χ1) is 14.0. The number of benzene rings is 2. The Hall–Kier alpha value is -3.06. The quantitative estimate of drug-likeness (QED) is 0.656. The van der Waals surface area contributed by atoms with E-state index in [2.05, 4.69) is 4.90 Å². The van der Waals surface area contributed by atoms with E-state index in [-0.39, 0.29) is 12.5 Å². The molecule has 1 saturated heterocycles. The Morgan fingerprint density at radius 3 is 2.45 bits per heavy atom. The monoisotopic (exact) mass is 412 g/mol. The molecule has 0 atom stereocenters. The van der Waals surface area contributed by atoms with Crippen LogP contribution in [0.1, 0.15) is 0 Å². The largest absolute Gasteiger partial charge is 0.368 e. The summed E-state index contributed by atoms with van der Waals surface area (Å²) in [5.41, 5.74) is 0.653. The lowest BCUT2D eigenvalue weighted by Gasteiger charge is -2.36. The molecule has 3 aromatic rings. The Kier molecular flexibility index (Phi) is 5.15. The van der Waals surface area contributed by atoms with Crippen molar-refractivity contribution in [1.82, 2.24) is 14.0 Å². The number of carbonyl (C=O) groups excluding carboxylic acids is 1. The van der Waals surface area contributed by atoms with Crippen molar-refractivity contribution < 1.29 is 4.79 Å². The van der Waals surface area contributed by atoms with Gasteiger partial charge in [0, 0.05) is 43.9 Å². The first kappa shape index (κ1) is 19.3. The molecular formula is C21H21ClN4O3. The number of anilines is 1. The molecule has 1 aliphatic heterocycles. The first-order valence-corrected chi connectivity index (χ1v) is 9.80. The summed E-state index contributed by atoms with van der Waals surface area (Å²) in [6.07, 6.45) is 0. The van der Waals surface area contributed by atoms with Gasteiger partial charge < -0.3 is 9.80 Å². The van der Waals surface area contributed by atoms with Gasteiger partial charge in [-0.05, 0) is 30.3 Å². The highest BCUT2D eigenvalue weighted by Gasteiger charge is 2.23. The second-order valence-electron chi connectivity index (χ2n) is 7.10. The van der Waals surface area contributed by atoms with Gasteiger partial charge in [-0.2, -0.15) is 0 Å². The number of hydrogen-bond donors (Lipinski definition) is 0. The van der Waals surface area contributed by atoms with E-state index >= 15 is 0 Å². The molecule has 0 aliphatic carbocycles. The molecule has 1 fully saturated rings. The lowest BCUT2D eigenvalue weighted by molar-refractivity contribution is -0.132. The molecule has 150 valence electrons. The molecule has 1 aliphatic rings. The fraction of sp³-hybridized carbons (Fsp3) is 0.286. The van der Waals surface area contributed by atoms with E-state index in [1.165, 1.54) is 4.57 Å². The Balaban J connectivity index is 1.51. The molecule has 4 rings (SSSR count). The Morgan fingerprint density at radius 2 is 1.72 bits per heavy atom. The number of nitrogens with zero attached hydrogens (tertiary/aromatic N) is 4. The Bertz CT molecular complexity index is 1190. The summed E-state index contributed by atoms with van der Waals surface area (Å²) >= 11 is 6.06. The number of fused-ring (bicyclic) bond motifs is 1. The van der Waals surface area contributed by atoms with E-state index in [1.807, 2.05) is 24.3 Å². The van der Waals surface area contributed by atoms with Crippen LogP contribution in [-0.4, -0.2) is 46.1 Å². The maximum atomic E-state index is 12.8. The average Bonchev–Trinajstić information content (AvgIpc) is 2.75. The summed E-state index contributed by atoms with van der Waals surface area (Å²) in [6.45, 7) is 2.11. The highest BCUT2D eigenvalue weighted by molar-refractivity contribution is 6.30. The maximum Gasteiger partial charge on any atom is 0.331 e. The number of aryl methyl sites for hydroxylation is 1. The molecule has 0 radical (unpaired) electrons. The van der Waals surface area contributed by atoms with Crippen molar-refractivity contribution in [2.24, 2.45) is 7.05 Å². The smallest absolute Gasteiger partial charge is 0.331 e. The zero-order valence-corrected chi connectivity index (χ0v) is 16.8. The third-order valence-corrected chi connectivity index (χ3v) is 5.59. The van der Waals surface area contributed by atoms with Crippen molar-refractivity contribution in [1.29, 1.82) is 0 Å². The van der Waals surface area contributed by atoms with E-state index in [1.54, 1.807) is 36.2 Å². The van der Waals surface area contributed by atoms with Crippen LogP contribution in [0.15, 0.2) is 58.1 Å². The maximum absolute atomic E-state index is 12.8. The molecule has 0 unspecified atom stereocenters. The van der Waals surface area contributed by atoms with Gasteiger partial charge in [-0.25, -0.2) is 4.79 Å². The predicted molar refractivity (Wildman–Crippen MR) is 114 cm³/mol. The fourth-order valence-electron chi connectivity index (χ4n) is 3.72. The van der Waals surface area contributed by atoms with Gasteiger partial charge in [0.25, 0.3) is 5.56 Å². The zero-order chi connectivity index (χ0) is 20.5. The van der Waals surface area contributed by atoms with Gasteiger partial charge in [-0.15, -0.1) is 0 Å². The Labute approximate surface area is 172 Å². The number of piperazine rings is 1. The molecule has 2 heterocycles. The lowest BCUT2D eigenvalue weighted by atomic mass is 10.2. The molecule has 1 amide bonds. The van der Waals surface area contributed by atoms with Gasteiger partial charge in [0.15, 0.2) is 0 Å². The molecule has 2 aromatic carbocycles. The lowest BCUT2D eigenvalue weighted by Crippen LogP contribution is -2.51. The third-order valence-electron chi connectivity index (χ3n) is 5.36. The molecular weight excluding hydrogens is 392 g/mol. The highest BCUT2D eigenvalue weighted by atomic mass is 35.5. The number of para-hydroxylation sites is 1. The standard InChI is InChI=1S/C21H21ClN4O3/c1-23-18-8-3-2-7-17(18)20(28)26(21(23)29)14-19(27)25-11-9-24(10-12-25)16-6-4-5-15(22)13-16/h2-8,13H,9-12,14H2,1H3. The highest BCUT2D eigenvalue weighted by Crippen LogP contribution is 2.20. The molecule has 29 heavy (non-hydrogen) atoms. The van der Waals surface area contributed by atoms with Gasteiger partial charge >= 0.3 is 5.69 Å². The number of hydrogen-bond acceptors (Lipinski definition) is 4. The van der Waals surface area contributed by atoms with Crippen LogP contribution in [0.25, 0.3) is 10.9 Å². The van der Waals surface area contributed by atoms with Crippen LogP contribution >= 0.6 is 11.6 Å². The van der Waals surface area contributed by atoms with Crippen LogP contribution in [0.5, 0.6) is 0 Å². The Morgan fingerprint density at radius 1 is 1.00 bits per heavy atom. The SMILES string of the molecule is Cn1c(=O)n(CC(=O)N2CCN(c3cccc(Cl)c3)CC2)c(=O)c2ccccc21. The molecule has 0 saturated carbocycles. The molecule has 1 aromatic heterocycles. The number of rotatable bonds is 3. The summed E-state index contributed by atoms with van der Waals surface area (Å²) in [5.74, 6) is -0.231. The van der Waals surface area contributed by atoms with Crippen LogP contribution < -0.4 is 16.1 Å². The van der Waals surface area contributed by atoms with Gasteiger partial charge in [0.2, 0.25) is 5.91 Å². The minimum Gasteiger partial charge on any atom is -0.368 e. The second-order valence-corrected chi connectivity index (χ2v) is 7.53. The van der Waals surface area contributed by atoms with Gasteiger partial charge in [0.1, 0.15) is 6.54 Å². The number of carbonyl (C=O) groups is 1. The van der Waals surface area contributed by atoms with Crippen LogP contribution in [0.2, 0.25) is 5.02 Å². The van der Waals surface area contributed by atoms with E-state index in [0.717, 1.165) is 10.3 Å². The van der Waals surface area contributed by atoms with Gasteiger partial charge in [0.05, 0.1) is 10.9 Å². The summed E-state index contributed by atoms with van der Waals surface area (Å²) in [5, 5.41) is 1.10. The van der Waals surface area contributed by atoms with Crippen molar-refractivity contribution in [3.8, 4) is 0 Å². The van der Waals surface area contributed by atoms with Crippen molar-refractivity contribution in [3.63, 3.8) is 0 Å². The molecule has 0 bridgehead atoms. The van der Waals surface area contributed by atoms with E-state index in [4.69, 9.17) is 11.6 Å². The van der Waals surface area contributed by atoms with E-state index < -0.39 is 11.2 Å². The van der Waals surface area contributed by atoms with E-state index in [0.29, 0.717) is 42.1 Å². The first-order valence-electron chi connectivity index (χ1n) is 9.42. The third kappa shape index (κ3) is 3.65. The predicted octanol–water partition coefficient (Wildman–Crippen LogP) is 1.70. The number of amides is 1. The molecule has 8 heteroatoms. The average molecular weight is 413 g/mol. The van der Waals surface area contributed by atoms with Crippen LogP contribution in [0.4, 0.5) is 5.69 Å². The van der Waals surface area contributed by atoms with Crippen LogP contribution in [0.3, 0.4) is 0 Å². The number of aromatic nitrogens is 2. The van der Waals surface area contributed by atoms with Crippen LogP contribution in [-0.2, 0) is 18.4 Å². The van der Waals surface area contributed by atoms with Crippen molar-refractivity contribution >= 4 is 34.1 Å². The number of halogens is 1. The topological polar surface area (TPSA) is 67.6 Å². The normalized spacial score (nSPS) is 14.4. The molecule has 0 spiro atoms. The summed E-state index contributed by atoms with van der Waals surface area (Å²) in [6, 6.07) is 14.5. The van der Waals surface area contributed by atoms with Crippen molar-refractivity contribution in [3.05, 3.63) is 74.4 Å².